The highest BCUT2D eigenvalue weighted by atomic mass is 35.5. The van der Waals surface area contributed by atoms with E-state index in [1.807, 2.05) is 0 Å². The number of carbonyl (C=O) groups is 1. The summed E-state index contributed by atoms with van der Waals surface area (Å²) in [6.45, 7) is 0.128. The fourth-order valence-electron chi connectivity index (χ4n) is 1.73. The van der Waals surface area contributed by atoms with Gasteiger partial charge in [0.1, 0.15) is 11.4 Å². The lowest BCUT2D eigenvalue weighted by Gasteiger charge is -2.06. The van der Waals surface area contributed by atoms with Crippen molar-refractivity contribution in [2.24, 2.45) is 0 Å². The van der Waals surface area contributed by atoms with E-state index in [9.17, 15) is 19.3 Å². The molecule has 0 aromatic heterocycles. The Morgan fingerprint density at radius 1 is 1.24 bits per heavy atom. The van der Waals surface area contributed by atoms with Crippen LogP contribution in [-0.4, -0.2) is 10.8 Å². The lowest BCUT2D eigenvalue weighted by atomic mass is 10.1. The van der Waals surface area contributed by atoms with E-state index in [4.69, 9.17) is 11.6 Å². The lowest BCUT2D eigenvalue weighted by molar-refractivity contribution is -0.385. The summed E-state index contributed by atoms with van der Waals surface area (Å²) in [5, 5.41) is 13.7. The van der Waals surface area contributed by atoms with Gasteiger partial charge in [0.2, 0.25) is 0 Å². The van der Waals surface area contributed by atoms with Crippen LogP contribution in [0.25, 0.3) is 0 Å². The minimum atomic E-state index is -0.650. The number of carbonyl (C=O) groups excluding carboxylic acids is 1. The van der Waals surface area contributed by atoms with Crippen LogP contribution in [0.15, 0.2) is 42.5 Å². The number of amides is 1. The zero-order valence-electron chi connectivity index (χ0n) is 10.7. The fraction of sp³-hybridized carbons (Fsp3) is 0.0714. The predicted molar refractivity (Wildman–Crippen MR) is 75.7 cm³/mol. The molecule has 7 heteroatoms. The van der Waals surface area contributed by atoms with E-state index in [1.54, 1.807) is 0 Å². The summed E-state index contributed by atoms with van der Waals surface area (Å²) in [6.07, 6.45) is 0. The molecule has 2 rings (SSSR count). The molecule has 0 spiro atoms. The molecule has 0 saturated carbocycles. The van der Waals surface area contributed by atoms with Crippen LogP contribution >= 0.6 is 11.6 Å². The maximum absolute atomic E-state index is 12.8. The van der Waals surface area contributed by atoms with Crippen molar-refractivity contribution in [2.45, 2.75) is 6.54 Å². The van der Waals surface area contributed by atoms with E-state index in [-0.39, 0.29) is 28.6 Å². The summed E-state index contributed by atoms with van der Waals surface area (Å²) in [4.78, 5) is 22.3. The van der Waals surface area contributed by atoms with Crippen LogP contribution in [0.1, 0.15) is 15.9 Å². The van der Waals surface area contributed by atoms with Crippen molar-refractivity contribution in [3.63, 3.8) is 0 Å². The molecule has 0 atom stereocenters. The Morgan fingerprint density at radius 2 is 1.90 bits per heavy atom. The number of halogens is 2. The number of nitro benzene ring substituents is 1. The normalized spacial score (nSPS) is 10.2. The number of nitrogens with one attached hydrogen (secondary N) is 1. The van der Waals surface area contributed by atoms with Gasteiger partial charge in [-0.25, -0.2) is 4.39 Å². The van der Waals surface area contributed by atoms with Crippen molar-refractivity contribution >= 4 is 23.2 Å². The van der Waals surface area contributed by atoms with Gasteiger partial charge in [0.15, 0.2) is 0 Å². The molecule has 0 aliphatic heterocycles. The minimum absolute atomic E-state index is 0.116. The summed E-state index contributed by atoms with van der Waals surface area (Å²) in [6, 6.07) is 9.32. The topological polar surface area (TPSA) is 72.2 Å². The average Bonchev–Trinajstić information content (AvgIpc) is 2.46. The molecule has 21 heavy (non-hydrogen) atoms. The largest absolute Gasteiger partial charge is 0.348 e. The van der Waals surface area contributed by atoms with Crippen LogP contribution in [0.5, 0.6) is 0 Å². The first-order valence-corrected chi connectivity index (χ1v) is 6.32. The Bertz CT molecular complexity index is 689. The molecular weight excluding hydrogens is 299 g/mol. The van der Waals surface area contributed by atoms with Gasteiger partial charge in [-0.15, -0.1) is 0 Å². The lowest BCUT2D eigenvalue weighted by Crippen LogP contribution is -2.23. The number of nitro groups is 1. The maximum atomic E-state index is 12.8. The fourth-order valence-corrected chi connectivity index (χ4v) is 1.90. The molecule has 0 heterocycles. The van der Waals surface area contributed by atoms with Gasteiger partial charge in [0.25, 0.3) is 11.6 Å². The monoisotopic (exact) mass is 308 g/mol. The molecule has 5 nitrogen and oxygen atoms in total. The first-order valence-electron chi connectivity index (χ1n) is 5.94. The third-order valence-electron chi connectivity index (χ3n) is 2.77. The Kier molecular flexibility index (Phi) is 4.49. The Morgan fingerprint density at radius 3 is 2.52 bits per heavy atom. The highest BCUT2D eigenvalue weighted by molar-refractivity contribution is 6.31. The van der Waals surface area contributed by atoms with Gasteiger partial charge in [0, 0.05) is 17.6 Å². The van der Waals surface area contributed by atoms with Gasteiger partial charge in [-0.2, -0.15) is 0 Å². The number of nitrogens with zero attached hydrogens (tertiary/aromatic N) is 1. The van der Waals surface area contributed by atoms with Crippen LogP contribution in [0, 0.1) is 15.9 Å². The van der Waals surface area contributed by atoms with Crippen molar-refractivity contribution in [3.8, 4) is 0 Å². The molecule has 1 amide bonds. The van der Waals surface area contributed by atoms with E-state index in [0.29, 0.717) is 5.56 Å². The molecular formula is C14H10ClFN2O3. The number of rotatable bonds is 4. The van der Waals surface area contributed by atoms with Gasteiger partial charge in [0.05, 0.1) is 4.92 Å². The molecule has 0 radical (unpaired) electrons. The molecule has 108 valence electrons. The Labute approximate surface area is 124 Å². The summed E-state index contributed by atoms with van der Waals surface area (Å²) < 4.78 is 12.8. The zero-order chi connectivity index (χ0) is 15.4. The molecule has 0 bridgehead atoms. The van der Waals surface area contributed by atoms with E-state index in [0.717, 1.165) is 0 Å². The highest BCUT2D eigenvalue weighted by Gasteiger charge is 2.20. The third-order valence-corrected chi connectivity index (χ3v) is 3.00. The van der Waals surface area contributed by atoms with E-state index in [1.165, 1.54) is 42.5 Å². The van der Waals surface area contributed by atoms with E-state index in [2.05, 4.69) is 5.32 Å². The second-order valence-corrected chi connectivity index (χ2v) is 4.66. The number of benzene rings is 2. The smallest absolute Gasteiger partial charge is 0.282 e. The molecule has 0 aliphatic rings. The quantitative estimate of drug-likeness (QED) is 0.695. The van der Waals surface area contributed by atoms with Gasteiger partial charge in [-0.05, 0) is 29.8 Å². The van der Waals surface area contributed by atoms with Gasteiger partial charge in [-0.3, -0.25) is 14.9 Å². The van der Waals surface area contributed by atoms with Gasteiger partial charge in [-0.1, -0.05) is 23.7 Å². The first kappa shape index (κ1) is 14.9. The summed E-state index contributed by atoms with van der Waals surface area (Å²) in [5.74, 6) is -0.996. The van der Waals surface area contributed by atoms with Crippen molar-refractivity contribution in [2.75, 3.05) is 0 Å². The Balaban J connectivity index is 2.15. The van der Waals surface area contributed by atoms with Crippen molar-refractivity contribution in [3.05, 3.63) is 74.5 Å². The first-order chi connectivity index (χ1) is 9.97. The number of hydrogen-bond acceptors (Lipinski definition) is 3. The van der Waals surface area contributed by atoms with Crippen LogP contribution in [-0.2, 0) is 6.54 Å². The van der Waals surface area contributed by atoms with Crippen LogP contribution in [0.2, 0.25) is 5.02 Å². The maximum Gasteiger partial charge on any atom is 0.282 e. The second kappa shape index (κ2) is 6.32. The molecule has 2 aromatic rings. The van der Waals surface area contributed by atoms with E-state index >= 15 is 0 Å². The summed E-state index contributed by atoms with van der Waals surface area (Å²) >= 11 is 5.76. The number of hydrogen-bond donors (Lipinski definition) is 1. The standard InChI is InChI=1S/C14H10ClFN2O3/c15-10-3-6-13(18(20)21)12(7-10)14(19)17-8-9-1-4-11(16)5-2-9/h1-7H,8H2,(H,17,19). The highest BCUT2D eigenvalue weighted by Crippen LogP contribution is 2.22. The van der Waals surface area contributed by atoms with Crippen molar-refractivity contribution in [1.82, 2.24) is 5.32 Å². The zero-order valence-corrected chi connectivity index (χ0v) is 11.4. The molecule has 1 N–H and O–H groups in total. The van der Waals surface area contributed by atoms with E-state index < -0.39 is 10.8 Å². The van der Waals surface area contributed by atoms with Crippen molar-refractivity contribution < 1.29 is 14.1 Å². The second-order valence-electron chi connectivity index (χ2n) is 4.23. The predicted octanol–water partition coefficient (Wildman–Crippen LogP) is 3.32. The SMILES string of the molecule is O=C(NCc1ccc(F)cc1)c1cc(Cl)ccc1[N+](=O)[O-]. The Hall–Kier alpha value is -2.47. The van der Waals surface area contributed by atoms with Crippen molar-refractivity contribution in [1.29, 1.82) is 0 Å². The molecule has 2 aromatic carbocycles. The summed E-state index contributed by atoms with van der Waals surface area (Å²) in [5.41, 5.74) is 0.236. The van der Waals surface area contributed by atoms with Crippen LogP contribution in [0.3, 0.4) is 0 Å². The average molecular weight is 309 g/mol. The third kappa shape index (κ3) is 3.76. The van der Waals surface area contributed by atoms with Crippen LogP contribution in [0.4, 0.5) is 10.1 Å². The van der Waals surface area contributed by atoms with Gasteiger partial charge >= 0.3 is 0 Å². The molecule has 0 unspecified atom stereocenters. The summed E-state index contributed by atoms with van der Waals surface area (Å²) in [7, 11) is 0. The molecule has 0 fully saturated rings. The molecule has 0 aliphatic carbocycles. The minimum Gasteiger partial charge on any atom is -0.348 e. The van der Waals surface area contributed by atoms with Gasteiger partial charge < -0.3 is 5.32 Å². The van der Waals surface area contributed by atoms with Crippen LogP contribution < -0.4 is 5.32 Å². The molecule has 0 saturated heterocycles.